The number of rotatable bonds is 10. The summed E-state index contributed by atoms with van der Waals surface area (Å²) in [5.41, 5.74) is 6.17. The van der Waals surface area contributed by atoms with Gasteiger partial charge in [-0.15, -0.1) is 0 Å². The van der Waals surface area contributed by atoms with Crippen LogP contribution in [0.25, 0.3) is 5.57 Å². The van der Waals surface area contributed by atoms with Crippen molar-refractivity contribution in [1.29, 1.82) is 0 Å². The topological polar surface area (TPSA) is 113 Å². The molecule has 0 spiro atoms. The molecule has 43 heavy (non-hydrogen) atoms. The van der Waals surface area contributed by atoms with Crippen molar-refractivity contribution < 1.29 is 22.6 Å². The zero-order chi connectivity index (χ0) is 31.2. The molecule has 0 aliphatic heterocycles. The number of allylic oxidation sites excluding steroid dienone is 2. The molecule has 2 radical (unpaired) electrons. The maximum absolute atomic E-state index is 13.6. The second kappa shape index (κ2) is 13.7. The first-order chi connectivity index (χ1) is 20.3. The molecule has 3 N–H and O–H groups in total. The second-order valence-corrected chi connectivity index (χ2v) is 13.9. The minimum absolute atomic E-state index is 0.158. The average molecular weight is 599 g/mol. The lowest BCUT2D eigenvalue weighted by molar-refractivity contribution is -0.117. The number of hydrogen-bond acceptors (Lipinski definition) is 4. The number of carbonyl (C=O) groups excluding carboxylic acids is 2. The highest BCUT2D eigenvalue weighted by atomic mass is 32.2. The van der Waals surface area contributed by atoms with E-state index < -0.39 is 27.7 Å². The zero-order valence-corrected chi connectivity index (χ0v) is 25.8. The van der Waals surface area contributed by atoms with E-state index in [0.29, 0.717) is 34.5 Å². The van der Waals surface area contributed by atoms with Crippen LogP contribution in [0.15, 0.2) is 78.9 Å². The van der Waals surface area contributed by atoms with Crippen LogP contribution in [-0.2, 0) is 21.3 Å². The summed E-state index contributed by atoms with van der Waals surface area (Å²) in [5, 5.41) is 5.49. The number of amides is 2. The van der Waals surface area contributed by atoms with E-state index in [0.717, 1.165) is 30.4 Å². The Bertz CT molecular complexity index is 1560. The molecule has 0 bridgehead atoms. The summed E-state index contributed by atoms with van der Waals surface area (Å²) in [7, 11) is 1.65. The van der Waals surface area contributed by atoms with Gasteiger partial charge in [0.05, 0.1) is 11.7 Å². The lowest BCUT2D eigenvalue weighted by Crippen LogP contribution is -2.28. The molecule has 0 heterocycles. The summed E-state index contributed by atoms with van der Waals surface area (Å²) in [6.45, 7) is 6.71. The molecule has 0 saturated carbocycles. The molecule has 0 aromatic heterocycles. The van der Waals surface area contributed by atoms with Crippen LogP contribution in [0.2, 0.25) is 0 Å². The molecule has 0 fully saturated rings. The third kappa shape index (κ3) is 9.40. The van der Waals surface area contributed by atoms with Gasteiger partial charge in [0.25, 0.3) is 16.0 Å². The number of carbonyl (C=O) groups is 2. The fraction of sp³-hybridized carbons (Fsp3) is 0.353. The Morgan fingerprint density at radius 2 is 1.63 bits per heavy atom. The van der Waals surface area contributed by atoms with E-state index in [1.165, 1.54) is 11.1 Å². The molecule has 3 aromatic carbocycles. The average Bonchev–Trinajstić information content (AvgIpc) is 2.96. The van der Waals surface area contributed by atoms with Gasteiger partial charge in [-0.05, 0) is 83.5 Å². The van der Waals surface area contributed by atoms with E-state index in [-0.39, 0.29) is 12.5 Å². The van der Waals surface area contributed by atoms with Gasteiger partial charge in [-0.2, -0.15) is 8.42 Å². The highest BCUT2D eigenvalue weighted by Gasteiger charge is 2.27. The molecule has 4 rings (SSSR count). The molecule has 1 aliphatic carbocycles. The van der Waals surface area contributed by atoms with Crippen molar-refractivity contribution in [3.63, 3.8) is 0 Å². The van der Waals surface area contributed by atoms with E-state index in [9.17, 15) is 18.0 Å². The van der Waals surface area contributed by atoms with E-state index >= 15 is 0 Å². The SMILES string of the molecule is [B]c1ccc(NC(=O)C(Cc2ccc(C(=O)NCCS(=O)(=O)O)cc2)c2ccc(C3=CCC(C(C)(C)C)CC3)cc2)cc1. The molecule has 1 aliphatic rings. The number of hydrogen-bond donors (Lipinski definition) is 3. The Hall–Kier alpha value is -3.69. The van der Waals surface area contributed by atoms with E-state index in [4.69, 9.17) is 12.4 Å². The third-order valence-corrected chi connectivity index (χ3v) is 8.84. The summed E-state index contributed by atoms with van der Waals surface area (Å²) in [6.07, 6.45) is 6.04. The van der Waals surface area contributed by atoms with Gasteiger partial charge < -0.3 is 10.6 Å². The highest BCUT2D eigenvalue weighted by molar-refractivity contribution is 7.85. The summed E-state index contributed by atoms with van der Waals surface area (Å²) in [4.78, 5) is 26.0. The molecule has 9 heteroatoms. The molecule has 224 valence electrons. The number of benzene rings is 3. The highest BCUT2D eigenvalue weighted by Crippen LogP contribution is 2.39. The summed E-state index contributed by atoms with van der Waals surface area (Å²) in [5.74, 6) is -0.990. The Kier molecular flexibility index (Phi) is 10.3. The van der Waals surface area contributed by atoms with Crippen LogP contribution < -0.4 is 16.1 Å². The maximum Gasteiger partial charge on any atom is 0.266 e. The normalized spacial score (nSPS) is 16.2. The first-order valence-electron chi connectivity index (χ1n) is 14.6. The standard InChI is InChI=1S/C34H39BN2O5S/c1-34(2,3)28-14-12-25(13-15-28)24-8-10-26(11-9-24)31(33(39)37-30-18-16-29(35)17-19-30)22-23-4-6-27(7-5-23)32(38)36-20-21-43(40,41)42/h4-12,16-19,28,31H,13-15,20-22H2,1-3H3,(H,36,38)(H,37,39)(H,40,41,42). The molecular weight excluding hydrogens is 559 g/mol. The minimum atomic E-state index is -4.16. The van der Waals surface area contributed by atoms with Gasteiger partial charge in [-0.1, -0.05) is 80.8 Å². The van der Waals surface area contributed by atoms with E-state index in [2.05, 4.69) is 49.6 Å². The van der Waals surface area contributed by atoms with Crippen molar-refractivity contribution in [2.45, 2.75) is 52.4 Å². The van der Waals surface area contributed by atoms with Crippen LogP contribution in [0.3, 0.4) is 0 Å². The molecule has 7 nitrogen and oxygen atoms in total. The van der Waals surface area contributed by atoms with Crippen LogP contribution in [-0.4, -0.2) is 44.9 Å². The monoisotopic (exact) mass is 598 g/mol. The van der Waals surface area contributed by atoms with Gasteiger partial charge in [0, 0.05) is 17.8 Å². The first kappa shape index (κ1) is 32.2. The van der Waals surface area contributed by atoms with Crippen molar-refractivity contribution >= 4 is 46.5 Å². The maximum atomic E-state index is 13.6. The van der Waals surface area contributed by atoms with Gasteiger partial charge in [-0.25, -0.2) is 0 Å². The van der Waals surface area contributed by atoms with Gasteiger partial charge in [0.2, 0.25) is 5.91 Å². The Morgan fingerprint density at radius 1 is 0.977 bits per heavy atom. The van der Waals surface area contributed by atoms with E-state index in [1.54, 1.807) is 48.5 Å². The number of anilines is 1. The predicted molar refractivity (Wildman–Crippen MR) is 173 cm³/mol. The molecule has 0 saturated heterocycles. The Morgan fingerprint density at radius 3 is 2.19 bits per heavy atom. The van der Waals surface area contributed by atoms with Crippen molar-refractivity contribution in [3.8, 4) is 0 Å². The third-order valence-electron chi connectivity index (χ3n) is 8.12. The van der Waals surface area contributed by atoms with E-state index in [1.807, 2.05) is 12.1 Å². The fourth-order valence-electron chi connectivity index (χ4n) is 5.39. The van der Waals surface area contributed by atoms with Gasteiger partial charge >= 0.3 is 0 Å². The summed E-state index contributed by atoms with van der Waals surface area (Å²) < 4.78 is 30.7. The minimum Gasteiger partial charge on any atom is -0.351 e. The first-order valence-corrected chi connectivity index (χ1v) is 16.2. The smallest absolute Gasteiger partial charge is 0.266 e. The van der Waals surface area contributed by atoms with Crippen LogP contribution in [0.4, 0.5) is 5.69 Å². The zero-order valence-electron chi connectivity index (χ0n) is 25.0. The van der Waals surface area contributed by atoms with Crippen molar-refractivity contribution in [3.05, 3.63) is 101 Å². The predicted octanol–water partition coefficient (Wildman–Crippen LogP) is 5.29. The Balaban J connectivity index is 1.51. The van der Waals surface area contributed by atoms with Crippen molar-refractivity contribution in [1.82, 2.24) is 5.32 Å². The molecular formula is C34H39BN2O5S. The molecule has 3 aromatic rings. The van der Waals surface area contributed by atoms with Crippen LogP contribution >= 0.6 is 0 Å². The largest absolute Gasteiger partial charge is 0.351 e. The van der Waals surface area contributed by atoms with Crippen LogP contribution in [0.1, 0.15) is 73.0 Å². The second-order valence-electron chi connectivity index (χ2n) is 12.3. The molecule has 2 atom stereocenters. The Labute approximate surface area is 256 Å². The lowest BCUT2D eigenvalue weighted by Gasteiger charge is -2.33. The number of nitrogens with one attached hydrogen (secondary N) is 2. The van der Waals surface area contributed by atoms with Gasteiger partial charge in [0.15, 0.2) is 0 Å². The van der Waals surface area contributed by atoms with Crippen LogP contribution in [0, 0.1) is 11.3 Å². The van der Waals surface area contributed by atoms with Crippen molar-refractivity contribution in [2.24, 2.45) is 11.3 Å². The molecule has 2 unspecified atom stereocenters. The van der Waals surface area contributed by atoms with Crippen LogP contribution in [0.5, 0.6) is 0 Å². The van der Waals surface area contributed by atoms with Gasteiger partial charge in [0.1, 0.15) is 7.85 Å². The summed E-state index contributed by atoms with van der Waals surface area (Å²) in [6, 6.07) is 22.1. The lowest BCUT2D eigenvalue weighted by atomic mass is 9.72. The summed E-state index contributed by atoms with van der Waals surface area (Å²) >= 11 is 0. The fourth-order valence-corrected chi connectivity index (χ4v) is 5.75. The van der Waals surface area contributed by atoms with Gasteiger partial charge in [-0.3, -0.25) is 14.1 Å². The quantitative estimate of drug-likeness (QED) is 0.217. The van der Waals surface area contributed by atoms with Crippen molar-refractivity contribution in [2.75, 3.05) is 17.6 Å². The molecule has 2 amide bonds.